The maximum absolute atomic E-state index is 12.7. The largest absolute Gasteiger partial charge is 0.359 e. The number of nitrogens with zero attached hydrogens (tertiary/aromatic N) is 1. The predicted octanol–water partition coefficient (Wildman–Crippen LogP) is 2.85. The molecule has 6 heteroatoms. The lowest BCUT2D eigenvalue weighted by molar-refractivity contribution is -0.125. The molecule has 2 aromatic carbocycles. The molecular weight excluding hydrogens is 354 g/mol. The van der Waals surface area contributed by atoms with Crippen molar-refractivity contribution in [3.05, 3.63) is 65.2 Å². The Hall–Kier alpha value is -3.15. The summed E-state index contributed by atoms with van der Waals surface area (Å²) in [5, 5.41) is 5.50. The van der Waals surface area contributed by atoms with Gasteiger partial charge in [0.2, 0.25) is 5.91 Å². The molecule has 0 aliphatic carbocycles. The molecule has 0 spiro atoms. The van der Waals surface area contributed by atoms with Gasteiger partial charge in [0.05, 0.1) is 5.92 Å². The maximum Gasteiger partial charge on any atom is 0.255 e. The van der Waals surface area contributed by atoms with Crippen molar-refractivity contribution >= 4 is 23.4 Å². The number of hydrogen-bond acceptors (Lipinski definition) is 3. The van der Waals surface area contributed by atoms with Crippen molar-refractivity contribution in [1.82, 2.24) is 10.2 Å². The lowest BCUT2D eigenvalue weighted by atomic mass is 9.96. The molecule has 0 saturated carbocycles. The zero-order valence-electron chi connectivity index (χ0n) is 16.2. The third kappa shape index (κ3) is 4.57. The molecule has 1 unspecified atom stereocenters. The number of rotatable bonds is 4. The van der Waals surface area contributed by atoms with Gasteiger partial charge in [-0.2, -0.15) is 0 Å². The normalized spacial score (nSPS) is 16.4. The molecule has 1 fully saturated rings. The van der Waals surface area contributed by atoms with Gasteiger partial charge in [0.15, 0.2) is 0 Å². The summed E-state index contributed by atoms with van der Waals surface area (Å²) in [6.45, 7) is 3.05. The van der Waals surface area contributed by atoms with Crippen LogP contribution in [0.1, 0.15) is 39.1 Å². The highest BCUT2D eigenvalue weighted by atomic mass is 16.2. The van der Waals surface area contributed by atoms with E-state index >= 15 is 0 Å². The first-order valence-electron chi connectivity index (χ1n) is 9.47. The minimum Gasteiger partial charge on any atom is -0.359 e. The number of amides is 3. The smallest absolute Gasteiger partial charge is 0.255 e. The van der Waals surface area contributed by atoms with Gasteiger partial charge < -0.3 is 15.5 Å². The summed E-state index contributed by atoms with van der Waals surface area (Å²) in [4.78, 5) is 38.6. The second kappa shape index (κ2) is 8.69. The van der Waals surface area contributed by atoms with Crippen molar-refractivity contribution in [2.24, 2.45) is 5.92 Å². The van der Waals surface area contributed by atoms with Crippen molar-refractivity contribution in [3.8, 4) is 0 Å². The topological polar surface area (TPSA) is 78.5 Å². The third-order valence-corrected chi connectivity index (χ3v) is 5.03. The first kappa shape index (κ1) is 19.6. The zero-order valence-corrected chi connectivity index (χ0v) is 16.2. The summed E-state index contributed by atoms with van der Waals surface area (Å²) in [5.41, 5.74) is 2.85. The molecule has 0 radical (unpaired) electrons. The Kier molecular flexibility index (Phi) is 6.09. The molecule has 0 bridgehead atoms. The van der Waals surface area contributed by atoms with E-state index in [9.17, 15) is 14.4 Å². The number of piperidine rings is 1. The van der Waals surface area contributed by atoms with E-state index < -0.39 is 0 Å². The quantitative estimate of drug-likeness (QED) is 0.857. The van der Waals surface area contributed by atoms with Crippen molar-refractivity contribution in [2.75, 3.05) is 25.5 Å². The summed E-state index contributed by atoms with van der Waals surface area (Å²) in [5.74, 6) is -0.462. The van der Waals surface area contributed by atoms with Gasteiger partial charge in [0.1, 0.15) is 0 Å². The van der Waals surface area contributed by atoms with Crippen molar-refractivity contribution in [1.29, 1.82) is 0 Å². The average Bonchev–Trinajstić information content (AvgIpc) is 2.73. The summed E-state index contributed by atoms with van der Waals surface area (Å²) in [6, 6.07) is 14.2. The van der Waals surface area contributed by atoms with E-state index in [0.717, 1.165) is 18.4 Å². The van der Waals surface area contributed by atoms with Crippen LogP contribution in [0.2, 0.25) is 0 Å². The van der Waals surface area contributed by atoms with Crippen LogP contribution in [-0.4, -0.2) is 42.8 Å². The predicted molar refractivity (Wildman–Crippen MR) is 108 cm³/mol. The van der Waals surface area contributed by atoms with Crippen LogP contribution >= 0.6 is 0 Å². The molecule has 6 nitrogen and oxygen atoms in total. The maximum atomic E-state index is 12.7. The minimum absolute atomic E-state index is 0.0216. The van der Waals surface area contributed by atoms with E-state index in [0.29, 0.717) is 29.9 Å². The standard InChI is InChI=1S/C22H25N3O3/c1-15-5-7-16(8-6-15)21(27)24-19-11-9-17(10-12-19)22(28)25-13-3-4-18(14-25)20(26)23-2/h5-12,18H,3-4,13-14H2,1-2H3,(H,23,26)(H,24,27). The molecule has 1 saturated heterocycles. The first-order valence-corrected chi connectivity index (χ1v) is 9.47. The number of aryl methyl sites for hydroxylation is 1. The highest BCUT2D eigenvalue weighted by Gasteiger charge is 2.28. The van der Waals surface area contributed by atoms with Gasteiger partial charge in [-0.15, -0.1) is 0 Å². The average molecular weight is 379 g/mol. The van der Waals surface area contributed by atoms with E-state index in [4.69, 9.17) is 0 Å². The van der Waals surface area contributed by atoms with Gasteiger partial charge in [0.25, 0.3) is 11.8 Å². The van der Waals surface area contributed by atoms with Crippen LogP contribution in [0, 0.1) is 12.8 Å². The Morgan fingerprint density at radius 2 is 1.61 bits per heavy atom. The first-order chi connectivity index (χ1) is 13.5. The van der Waals surface area contributed by atoms with E-state index in [1.54, 1.807) is 48.3 Å². The number of benzene rings is 2. The fourth-order valence-corrected chi connectivity index (χ4v) is 3.37. The molecule has 1 heterocycles. The van der Waals surface area contributed by atoms with Crippen molar-refractivity contribution in [2.45, 2.75) is 19.8 Å². The van der Waals surface area contributed by atoms with E-state index in [1.165, 1.54) is 0 Å². The van der Waals surface area contributed by atoms with Crippen LogP contribution in [0.3, 0.4) is 0 Å². The molecule has 146 valence electrons. The summed E-state index contributed by atoms with van der Waals surface area (Å²) >= 11 is 0. The van der Waals surface area contributed by atoms with Gasteiger partial charge in [-0.1, -0.05) is 17.7 Å². The van der Waals surface area contributed by atoms with Gasteiger partial charge in [-0.3, -0.25) is 14.4 Å². The Bertz CT molecular complexity index is 860. The lowest BCUT2D eigenvalue weighted by Gasteiger charge is -2.31. The monoisotopic (exact) mass is 379 g/mol. The Morgan fingerprint density at radius 1 is 0.964 bits per heavy atom. The number of carbonyl (C=O) groups is 3. The molecule has 2 N–H and O–H groups in total. The number of carbonyl (C=O) groups excluding carboxylic acids is 3. The summed E-state index contributed by atoms with van der Waals surface area (Å²) in [6.07, 6.45) is 1.61. The van der Waals surface area contributed by atoms with E-state index in [1.807, 2.05) is 19.1 Å². The van der Waals surface area contributed by atoms with Crippen molar-refractivity contribution < 1.29 is 14.4 Å². The molecule has 3 rings (SSSR count). The molecule has 1 aliphatic rings. The molecule has 3 amide bonds. The van der Waals surface area contributed by atoms with E-state index in [-0.39, 0.29) is 23.6 Å². The van der Waals surface area contributed by atoms with Crippen LogP contribution in [0.5, 0.6) is 0 Å². The van der Waals surface area contributed by atoms with Gasteiger partial charge in [-0.25, -0.2) is 0 Å². The van der Waals surface area contributed by atoms with Gasteiger partial charge in [-0.05, 0) is 56.2 Å². The molecular formula is C22H25N3O3. The Balaban J connectivity index is 1.63. The minimum atomic E-state index is -0.191. The Labute approximate surface area is 164 Å². The number of hydrogen-bond donors (Lipinski definition) is 2. The van der Waals surface area contributed by atoms with Gasteiger partial charge >= 0.3 is 0 Å². The van der Waals surface area contributed by atoms with E-state index in [2.05, 4.69) is 10.6 Å². The van der Waals surface area contributed by atoms with Crippen LogP contribution in [0.25, 0.3) is 0 Å². The second-order valence-electron chi connectivity index (χ2n) is 7.10. The lowest BCUT2D eigenvalue weighted by Crippen LogP contribution is -2.44. The van der Waals surface area contributed by atoms with Crippen molar-refractivity contribution in [3.63, 3.8) is 0 Å². The second-order valence-corrected chi connectivity index (χ2v) is 7.10. The SMILES string of the molecule is CNC(=O)C1CCCN(C(=O)c2ccc(NC(=O)c3ccc(C)cc3)cc2)C1. The highest BCUT2D eigenvalue weighted by Crippen LogP contribution is 2.20. The van der Waals surface area contributed by atoms with Gasteiger partial charge in [0, 0.05) is 37.0 Å². The van der Waals surface area contributed by atoms with Crippen LogP contribution in [0.15, 0.2) is 48.5 Å². The van der Waals surface area contributed by atoms with Crippen LogP contribution in [0.4, 0.5) is 5.69 Å². The Morgan fingerprint density at radius 3 is 2.25 bits per heavy atom. The summed E-state index contributed by atoms with van der Waals surface area (Å²) in [7, 11) is 1.62. The highest BCUT2D eigenvalue weighted by molar-refractivity contribution is 6.04. The molecule has 1 aliphatic heterocycles. The van der Waals surface area contributed by atoms with Crippen LogP contribution in [-0.2, 0) is 4.79 Å². The number of likely N-dealkylation sites (tertiary alicyclic amines) is 1. The molecule has 0 aromatic heterocycles. The third-order valence-electron chi connectivity index (χ3n) is 5.03. The molecule has 2 aromatic rings. The fourth-order valence-electron chi connectivity index (χ4n) is 3.37. The number of anilines is 1. The fraction of sp³-hybridized carbons (Fsp3) is 0.318. The number of nitrogens with one attached hydrogen (secondary N) is 2. The molecule has 1 atom stereocenters. The summed E-state index contributed by atoms with van der Waals surface area (Å²) < 4.78 is 0. The van der Waals surface area contributed by atoms with Crippen LogP contribution < -0.4 is 10.6 Å². The molecule has 28 heavy (non-hydrogen) atoms. The zero-order chi connectivity index (χ0) is 20.1.